The van der Waals surface area contributed by atoms with Crippen LogP contribution in [0.4, 0.5) is 0 Å². The molecule has 0 amide bonds. The van der Waals surface area contributed by atoms with Crippen molar-refractivity contribution in [2.24, 2.45) is 0 Å². The van der Waals surface area contributed by atoms with Gasteiger partial charge < -0.3 is 14.9 Å². The molecule has 2 N–H and O–H groups in total. The van der Waals surface area contributed by atoms with Gasteiger partial charge in [-0.05, 0) is 109 Å². The fourth-order valence-electron chi connectivity index (χ4n) is 3.37. The van der Waals surface area contributed by atoms with E-state index in [1.807, 2.05) is 55.5 Å². The third-order valence-corrected chi connectivity index (χ3v) is 7.71. The smallest absolute Gasteiger partial charge is 0.335 e. The predicted octanol–water partition coefficient (Wildman–Crippen LogP) is 10.7. The monoisotopic (exact) mass is 794 g/mol. The van der Waals surface area contributed by atoms with Crippen molar-refractivity contribution in [3.05, 3.63) is 131 Å². The second-order valence-electron chi connectivity index (χ2n) is 8.90. The van der Waals surface area contributed by atoms with Crippen LogP contribution in [0.3, 0.4) is 0 Å². The van der Waals surface area contributed by atoms with E-state index in [1.165, 1.54) is 22.4 Å². The Kier molecular flexibility index (Phi) is 22.2. The summed E-state index contributed by atoms with van der Waals surface area (Å²) < 4.78 is 7.95. The van der Waals surface area contributed by atoms with E-state index in [9.17, 15) is 4.79 Å². The Morgan fingerprint density at radius 2 is 1.21 bits per heavy atom. The molecule has 0 aliphatic heterocycles. The minimum absolute atomic E-state index is 0.116. The molecule has 9 heteroatoms. The largest absolute Gasteiger partial charge is 0.497 e. The van der Waals surface area contributed by atoms with Gasteiger partial charge in [0, 0.05) is 19.3 Å². The van der Waals surface area contributed by atoms with E-state index in [0.29, 0.717) is 11.4 Å². The molecule has 4 nitrogen and oxygen atoms in total. The van der Waals surface area contributed by atoms with Gasteiger partial charge in [-0.15, -0.1) is 11.6 Å². The highest BCUT2D eigenvalue weighted by molar-refractivity contribution is 9.11. The van der Waals surface area contributed by atoms with Crippen LogP contribution in [0.2, 0.25) is 6.82 Å². The average Bonchev–Trinajstić information content (AvgIpc) is 3.02. The summed E-state index contributed by atoms with van der Waals surface area (Å²) in [6, 6.07) is 25.2. The maximum absolute atomic E-state index is 10.6. The number of hydrogen-bond acceptors (Lipinski definition) is 3. The van der Waals surface area contributed by atoms with E-state index < -0.39 is 5.97 Å². The Bertz CT molecular complexity index is 1310. The first-order valence-corrected chi connectivity index (χ1v) is 16.2. The van der Waals surface area contributed by atoms with Crippen LogP contribution in [0.5, 0.6) is 5.75 Å². The van der Waals surface area contributed by atoms with Crippen molar-refractivity contribution in [2.75, 3.05) is 7.11 Å². The van der Waals surface area contributed by atoms with Crippen molar-refractivity contribution in [2.45, 2.75) is 53.4 Å². The molecular weight excluding hydrogens is 758 g/mol. The van der Waals surface area contributed by atoms with Crippen LogP contribution in [0.25, 0.3) is 0 Å². The maximum atomic E-state index is 10.6. The highest BCUT2D eigenvalue weighted by Gasteiger charge is 2.05. The summed E-state index contributed by atoms with van der Waals surface area (Å²) in [6.07, 6.45) is 1.12. The molecule has 0 heterocycles. The van der Waals surface area contributed by atoms with Crippen molar-refractivity contribution in [1.82, 2.24) is 0 Å². The summed E-state index contributed by atoms with van der Waals surface area (Å²) in [5, 5.41) is 17.5. The Morgan fingerprint density at radius 1 is 0.767 bits per heavy atom. The number of carboxylic acid groups (broad SMARTS) is 1. The number of rotatable bonds is 5. The minimum Gasteiger partial charge on any atom is -0.497 e. The maximum Gasteiger partial charge on any atom is 0.335 e. The molecule has 4 aromatic rings. The topological polar surface area (TPSA) is 66.8 Å². The van der Waals surface area contributed by atoms with E-state index in [4.69, 9.17) is 26.6 Å². The zero-order valence-corrected chi connectivity index (χ0v) is 30.9. The van der Waals surface area contributed by atoms with E-state index >= 15 is 0 Å². The van der Waals surface area contributed by atoms with E-state index in [-0.39, 0.29) is 6.61 Å². The molecule has 43 heavy (non-hydrogen) atoms. The molecule has 0 saturated carbocycles. The van der Waals surface area contributed by atoms with Crippen LogP contribution < -0.4 is 4.74 Å². The fourth-order valence-corrected chi connectivity index (χ4v) is 4.73. The number of halogens is 4. The molecule has 0 saturated heterocycles. The van der Waals surface area contributed by atoms with Crippen molar-refractivity contribution in [3.63, 3.8) is 0 Å². The first-order chi connectivity index (χ1) is 20.4. The minimum atomic E-state index is -0.885. The fraction of sp³-hybridized carbons (Fsp3) is 0.265. The van der Waals surface area contributed by atoms with Gasteiger partial charge >= 0.3 is 5.97 Å². The number of aromatic carboxylic acids is 1. The number of benzene rings is 4. The van der Waals surface area contributed by atoms with Gasteiger partial charge in [-0.2, -0.15) is 0 Å². The van der Waals surface area contributed by atoms with E-state index in [2.05, 4.69) is 87.7 Å². The summed E-state index contributed by atoms with van der Waals surface area (Å²) >= 11 is 15.5. The van der Waals surface area contributed by atoms with Gasteiger partial charge in [0.2, 0.25) is 0 Å². The van der Waals surface area contributed by atoms with Crippen molar-refractivity contribution >= 4 is 73.2 Å². The lowest BCUT2D eigenvalue weighted by atomic mass is 10.1. The average molecular weight is 798 g/mol. The van der Waals surface area contributed by atoms with Crippen molar-refractivity contribution < 1.29 is 19.7 Å². The standard InChI is InChI=1S/C9H11Br.C8H7BrO2.C8H9BrO.C8H9ClO.CH3B/c1-3-8-6-9(10)5-4-7(8)2;1-5-2-3-6(9)4-7(5)8(10)11;1-6-2-3-8(9)4-7(6)5-10;1-10-8-4-2-7(6-9)3-5-8;1-2/h4-6H,3H2,1-2H3;2-4H,1H3,(H,10,11);2-4,10H,5H2,1H3;2-5H,6H2,1H3;1H3. The quantitative estimate of drug-likeness (QED) is 0.156. The summed E-state index contributed by atoms with van der Waals surface area (Å²) in [4.78, 5) is 10.6. The first kappa shape index (κ1) is 40.9. The third-order valence-electron chi connectivity index (χ3n) is 5.92. The normalized spacial score (nSPS) is 9.37. The van der Waals surface area contributed by atoms with Crippen LogP contribution in [0, 0.1) is 20.8 Å². The lowest BCUT2D eigenvalue weighted by molar-refractivity contribution is 0.0696. The van der Waals surface area contributed by atoms with Crippen LogP contribution >= 0.6 is 59.4 Å². The van der Waals surface area contributed by atoms with Gasteiger partial charge in [-0.1, -0.05) is 91.9 Å². The Labute approximate surface area is 288 Å². The highest BCUT2D eigenvalue weighted by atomic mass is 79.9. The van der Waals surface area contributed by atoms with Gasteiger partial charge in [0.15, 0.2) is 0 Å². The van der Waals surface area contributed by atoms with E-state index in [0.717, 1.165) is 43.4 Å². The van der Waals surface area contributed by atoms with Gasteiger partial charge in [0.1, 0.15) is 5.75 Å². The van der Waals surface area contributed by atoms with Gasteiger partial charge in [-0.25, -0.2) is 4.79 Å². The Morgan fingerprint density at radius 3 is 1.56 bits per heavy atom. The lowest BCUT2D eigenvalue weighted by Crippen LogP contribution is -1.98. The zero-order chi connectivity index (χ0) is 32.9. The molecule has 0 aliphatic rings. The van der Waals surface area contributed by atoms with Crippen molar-refractivity contribution in [1.29, 1.82) is 0 Å². The number of aliphatic hydroxyl groups excluding tert-OH is 1. The van der Waals surface area contributed by atoms with Crippen LogP contribution in [0.1, 0.15) is 50.7 Å². The number of aryl methyl sites for hydroxylation is 4. The number of hydrogen-bond donors (Lipinski definition) is 2. The second-order valence-corrected chi connectivity index (χ2v) is 11.9. The number of ether oxygens (including phenoxy) is 1. The number of carboxylic acids is 1. The molecule has 0 atom stereocenters. The second kappa shape index (κ2) is 23.3. The van der Waals surface area contributed by atoms with Gasteiger partial charge in [0.25, 0.3) is 0 Å². The highest BCUT2D eigenvalue weighted by Crippen LogP contribution is 2.17. The molecule has 230 valence electrons. The predicted molar refractivity (Wildman–Crippen MR) is 193 cm³/mol. The molecular formula is C34H39BBr3ClO4. The summed E-state index contributed by atoms with van der Waals surface area (Å²) in [6.45, 7) is 9.69. The Hall–Kier alpha value is -2.10. The van der Waals surface area contributed by atoms with Crippen LogP contribution in [0.15, 0.2) is 92.3 Å². The molecule has 4 aromatic carbocycles. The molecule has 0 aliphatic carbocycles. The van der Waals surface area contributed by atoms with E-state index in [1.54, 1.807) is 26.2 Å². The molecule has 0 unspecified atom stereocenters. The molecule has 0 spiro atoms. The first-order valence-electron chi connectivity index (χ1n) is 13.3. The van der Waals surface area contributed by atoms with Crippen LogP contribution in [-0.4, -0.2) is 31.1 Å². The molecule has 2 radical (unpaired) electrons. The molecule has 0 aromatic heterocycles. The number of methoxy groups -OCH3 is 1. The summed E-state index contributed by atoms with van der Waals surface area (Å²) in [5.41, 5.74) is 7.16. The van der Waals surface area contributed by atoms with Crippen molar-refractivity contribution in [3.8, 4) is 5.75 Å². The summed E-state index contributed by atoms with van der Waals surface area (Å²) in [7, 11) is 6.15. The SMILES string of the molecule is CCc1cc(Br)ccc1C.COc1ccc(CCl)cc1.Cc1ccc(Br)cc1C(=O)O.Cc1ccc(Br)cc1CO.[B]C. The lowest BCUT2D eigenvalue weighted by Gasteiger charge is -2.01. The van der Waals surface area contributed by atoms with Gasteiger partial charge in [-0.3, -0.25) is 0 Å². The Balaban J connectivity index is 0.000000536. The number of carbonyl (C=O) groups is 1. The van der Waals surface area contributed by atoms with Crippen LogP contribution in [-0.2, 0) is 18.9 Å². The molecule has 4 rings (SSSR count). The third kappa shape index (κ3) is 16.5. The number of aliphatic hydroxyl groups is 1. The molecule has 0 bridgehead atoms. The zero-order valence-electron chi connectivity index (χ0n) is 25.4. The molecule has 0 fully saturated rings. The number of alkyl halides is 1. The summed E-state index contributed by atoms with van der Waals surface area (Å²) in [5.74, 6) is 0.543. The van der Waals surface area contributed by atoms with Gasteiger partial charge in [0.05, 0.1) is 27.1 Å².